The molecule has 3 heterocycles. The first-order chi connectivity index (χ1) is 12.7. The molecular weight excluding hydrogens is 372 g/mol. The molecule has 3 aromatic rings. The average Bonchev–Trinajstić information content (AvgIpc) is 3.38. The maximum absolute atomic E-state index is 12.1. The zero-order valence-corrected chi connectivity index (χ0v) is 15.7. The molecule has 0 bridgehead atoms. The van der Waals surface area contributed by atoms with Crippen LogP contribution in [0.25, 0.3) is 10.9 Å². The molecule has 1 fully saturated rings. The third-order valence-electron chi connectivity index (χ3n) is 4.41. The number of benzene rings is 1. The molecule has 2 N–H and O–H groups in total. The van der Waals surface area contributed by atoms with Crippen LogP contribution in [-0.2, 0) is 13.2 Å². The van der Waals surface area contributed by atoms with E-state index in [0.29, 0.717) is 23.9 Å². The van der Waals surface area contributed by atoms with E-state index >= 15 is 0 Å². The molecule has 0 spiro atoms. The predicted molar refractivity (Wildman–Crippen MR) is 103 cm³/mol. The number of thiazole rings is 1. The van der Waals surface area contributed by atoms with Gasteiger partial charge in [0, 0.05) is 41.1 Å². The van der Waals surface area contributed by atoms with E-state index in [9.17, 15) is 4.79 Å². The van der Waals surface area contributed by atoms with Gasteiger partial charge in [0.05, 0.1) is 22.8 Å². The fourth-order valence-corrected chi connectivity index (χ4v) is 3.83. The van der Waals surface area contributed by atoms with Gasteiger partial charge in [-0.25, -0.2) is 9.78 Å². The minimum atomic E-state index is -0.00789. The first-order valence-electron chi connectivity index (χ1n) is 8.53. The SMILES string of the molecule is O=C(NCc1cc2cc(Cl)c(OCc3cscn3)cc2[nH]1)N1CCCC1. The normalized spacial score (nSPS) is 14.1. The second-order valence-corrected chi connectivity index (χ2v) is 7.41. The molecule has 0 saturated carbocycles. The van der Waals surface area contributed by atoms with Gasteiger partial charge in [0.25, 0.3) is 0 Å². The van der Waals surface area contributed by atoms with Gasteiger partial charge in [-0.15, -0.1) is 11.3 Å². The van der Waals surface area contributed by atoms with Crippen molar-refractivity contribution in [1.82, 2.24) is 20.2 Å². The number of carbonyl (C=O) groups is 1. The molecule has 8 heteroatoms. The summed E-state index contributed by atoms with van der Waals surface area (Å²) in [6.07, 6.45) is 2.17. The van der Waals surface area contributed by atoms with Gasteiger partial charge in [0.15, 0.2) is 0 Å². The van der Waals surface area contributed by atoms with Crippen LogP contribution in [0.4, 0.5) is 4.79 Å². The van der Waals surface area contributed by atoms with Gasteiger partial charge in [-0.05, 0) is 25.0 Å². The molecular formula is C18H19ClN4O2S. The van der Waals surface area contributed by atoms with E-state index in [1.807, 2.05) is 28.5 Å². The molecule has 0 aliphatic carbocycles. The summed E-state index contributed by atoms with van der Waals surface area (Å²) in [4.78, 5) is 21.5. The highest BCUT2D eigenvalue weighted by molar-refractivity contribution is 7.07. The number of nitrogens with zero attached hydrogens (tertiary/aromatic N) is 2. The van der Waals surface area contributed by atoms with Crippen LogP contribution in [0.3, 0.4) is 0 Å². The van der Waals surface area contributed by atoms with E-state index in [1.54, 1.807) is 5.51 Å². The van der Waals surface area contributed by atoms with Crippen LogP contribution < -0.4 is 10.1 Å². The minimum Gasteiger partial charge on any atom is -0.486 e. The van der Waals surface area contributed by atoms with E-state index < -0.39 is 0 Å². The maximum Gasteiger partial charge on any atom is 0.317 e. The van der Waals surface area contributed by atoms with E-state index in [0.717, 1.165) is 48.2 Å². The van der Waals surface area contributed by atoms with Crippen molar-refractivity contribution < 1.29 is 9.53 Å². The van der Waals surface area contributed by atoms with E-state index in [2.05, 4.69) is 15.3 Å². The molecule has 1 aliphatic rings. The number of fused-ring (bicyclic) bond motifs is 1. The largest absolute Gasteiger partial charge is 0.486 e. The molecule has 6 nitrogen and oxygen atoms in total. The average molecular weight is 391 g/mol. The Morgan fingerprint density at radius 2 is 2.19 bits per heavy atom. The summed E-state index contributed by atoms with van der Waals surface area (Å²) in [6, 6.07) is 5.74. The lowest BCUT2D eigenvalue weighted by molar-refractivity contribution is 0.208. The summed E-state index contributed by atoms with van der Waals surface area (Å²) in [5.41, 5.74) is 4.51. The zero-order chi connectivity index (χ0) is 17.9. The summed E-state index contributed by atoms with van der Waals surface area (Å²) in [5, 5.41) is 6.45. The molecule has 1 saturated heterocycles. The number of ether oxygens (including phenoxy) is 1. The van der Waals surface area contributed by atoms with Gasteiger partial charge in [0.2, 0.25) is 0 Å². The quantitative estimate of drug-likeness (QED) is 0.687. The number of amides is 2. The molecule has 1 aliphatic heterocycles. The van der Waals surface area contributed by atoms with Gasteiger partial charge < -0.3 is 19.9 Å². The number of nitrogens with one attached hydrogen (secondary N) is 2. The number of rotatable bonds is 5. The highest BCUT2D eigenvalue weighted by atomic mass is 35.5. The van der Waals surface area contributed by atoms with Crippen LogP contribution in [0, 0.1) is 0 Å². The third kappa shape index (κ3) is 3.78. The Bertz CT molecular complexity index is 903. The molecule has 0 unspecified atom stereocenters. The van der Waals surface area contributed by atoms with Crippen molar-refractivity contribution >= 4 is 39.9 Å². The highest BCUT2D eigenvalue weighted by Crippen LogP contribution is 2.31. The van der Waals surface area contributed by atoms with Crippen LogP contribution >= 0.6 is 22.9 Å². The molecule has 2 amide bonds. The monoisotopic (exact) mass is 390 g/mol. The van der Waals surface area contributed by atoms with Crippen LogP contribution in [0.5, 0.6) is 5.75 Å². The molecule has 136 valence electrons. The minimum absolute atomic E-state index is 0.00789. The van der Waals surface area contributed by atoms with E-state index in [1.165, 1.54) is 11.3 Å². The first-order valence-corrected chi connectivity index (χ1v) is 9.85. The number of hydrogen-bond donors (Lipinski definition) is 2. The lowest BCUT2D eigenvalue weighted by Gasteiger charge is -2.15. The third-order valence-corrected chi connectivity index (χ3v) is 5.34. The van der Waals surface area contributed by atoms with Gasteiger partial charge in [-0.3, -0.25) is 0 Å². The van der Waals surface area contributed by atoms with E-state index in [4.69, 9.17) is 16.3 Å². The standard InChI is InChI=1S/C18H19ClN4O2S/c19-15-6-12-5-13(8-20-18(24)23-3-1-2-4-23)22-16(12)7-17(15)25-9-14-10-26-11-21-14/h5-7,10-11,22H,1-4,8-9H2,(H,20,24). The fraction of sp³-hybridized carbons (Fsp3) is 0.333. The summed E-state index contributed by atoms with van der Waals surface area (Å²) in [7, 11) is 0. The Morgan fingerprint density at radius 1 is 1.35 bits per heavy atom. The number of halogens is 1. The number of urea groups is 1. The van der Waals surface area contributed by atoms with Crippen molar-refractivity contribution in [1.29, 1.82) is 0 Å². The molecule has 4 rings (SSSR count). The fourth-order valence-electron chi connectivity index (χ4n) is 3.06. The second-order valence-electron chi connectivity index (χ2n) is 6.29. The lowest BCUT2D eigenvalue weighted by atomic mass is 10.2. The van der Waals surface area contributed by atoms with Crippen molar-refractivity contribution in [3.63, 3.8) is 0 Å². The number of aromatic nitrogens is 2. The van der Waals surface area contributed by atoms with Crippen LogP contribution in [0.1, 0.15) is 24.2 Å². The summed E-state index contributed by atoms with van der Waals surface area (Å²) in [5.74, 6) is 0.613. The maximum atomic E-state index is 12.1. The van der Waals surface area contributed by atoms with Gasteiger partial charge >= 0.3 is 6.03 Å². The predicted octanol–water partition coefficient (Wildman–Crippen LogP) is 4.16. The van der Waals surface area contributed by atoms with Crippen molar-refractivity contribution in [2.75, 3.05) is 13.1 Å². The van der Waals surface area contributed by atoms with Gasteiger partial charge in [-0.1, -0.05) is 11.6 Å². The summed E-state index contributed by atoms with van der Waals surface area (Å²) >= 11 is 7.87. The summed E-state index contributed by atoms with van der Waals surface area (Å²) < 4.78 is 5.78. The number of H-pyrrole nitrogens is 1. The molecule has 26 heavy (non-hydrogen) atoms. The van der Waals surface area contributed by atoms with Gasteiger partial charge in [-0.2, -0.15) is 0 Å². The first kappa shape index (κ1) is 17.2. The number of aromatic amines is 1. The number of likely N-dealkylation sites (tertiary alicyclic amines) is 1. The second kappa shape index (κ2) is 7.55. The molecule has 1 aromatic carbocycles. The Balaban J connectivity index is 1.43. The van der Waals surface area contributed by atoms with Gasteiger partial charge in [0.1, 0.15) is 12.4 Å². The Kier molecular flexibility index (Phi) is 4.99. The number of hydrogen-bond acceptors (Lipinski definition) is 4. The molecule has 0 atom stereocenters. The topological polar surface area (TPSA) is 70.2 Å². The van der Waals surface area contributed by atoms with Crippen molar-refractivity contribution in [3.05, 3.63) is 45.5 Å². The van der Waals surface area contributed by atoms with Crippen molar-refractivity contribution in [2.45, 2.75) is 26.0 Å². The van der Waals surface area contributed by atoms with Crippen LogP contribution in [-0.4, -0.2) is 34.0 Å². The van der Waals surface area contributed by atoms with Crippen molar-refractivity contribution in [3.8, 4) is 5.75 Å². The highest BCUT2D eigenvalue weighted by Gasteiger charge is 2.17. The smallest absolute Gasteiger partial charge is 0.317 e. The molecule has 2 aromatic heterocycles. The van der Waals surface area contributed by atoms with Crippen LogP contribution in [0.15, 0.2) is 29.1 Å². The zero-order valence-electron chi connectivity index (χ0n) is 14.1. The Hall–Kier alpha value is -2.25. The summed E-state index contributed by atoms with van der Waals surface area (Å²) in [6.45, 7) is 2.52. The lowest BCUT2D eigenvalue weighted by Crippen LogP contribution is -2.37. The Labute approximate surface area is 160 Å². The number of carbonyl (C=O) groups excluding carboxylic acids is 1. The van der Waals surface area contributed by atoms with E-state index in [-0.39, 0.29) is 6.03 Å². The molecule has 0 radical (unpaired) electrons. The van der Waals surface area contributed by atoms with Crippen LogP contribution in [0.2, 0.25) is 5.02 Å². The van der Waals surface area contributed by atoms with Crippen molar-refractivity contribution in [2.24, 2.45) is 0 Å². The Morgan fingerprint density at radius 3 is 2.96 bits per heavy atom.